The normalized spacial score (nSPS) is 11.9. The topological polar surface area (TPSA) is 99.6 Å². The van der Waals surface area contributed by atoms with E-state index in [-0.39, 0.29) is 5.03 Å². The fourth-order valence-corrected chi connectivity index (χ4v) is 2.70. The minimum Gasteiger partial charge on any atom is -0.477 e. The highest BCUT2D eigenvalue weighted by molar-refractivity contribution is 7.89. The zero-order valence-electron chi connectivity index (χ0n) is 10.8. The van der Waals surface area contributed by atoms with E-state index in [4.69, 9.17) is 9.88 Å². The summed E-state index contributed by atoms with van der Waals surface area (Å²) in [5.41, 5.74) is 0.877. The molecule has 0 aliphatic carbocycles. The van der Waals surface area contributed by atoms with Gasteiger partial charge in [0.05, 0.1) is 12.3 Å². The number of ether oxygens (including phenoxy) is 1. The first-order valence-corrected chi connectivity index (χ1v) is 7.56. The first kappa shape index (κ1) is 13.8. The maximum atomic E-state index is 11.7. The van der Waals surface area contributed by atoms with Crippen molar-refractivity contribution in [3.05, 3.63) is 17.8 Å². The molecule has 2 N–H and O–H groups in total. The van der Waals surface area contributed by atoms with Gasteiger partial charge < -0.3 is 4.74 Å². The van der Waals surface area contributed by atoms with E-state index >= 15 is 0 Å². The number of aryl methyl sites for hydroxylation is 1. The Morgan fingerprint density at radius 3 is 2.68 bits per heavy atom. The molecule has 0 amide bonds. The Morgan fingerprint density at radius 1 is 1.37 bits per heavy atom. The lowest BCUT2D eigenvalue weighted by atomic mass is 10.3. The predicted octanol–water partition coefficient (Wildman–Crippen LogP) is 0.728. The van der Waals surface area contributed by atoms with Crippen molar-refractivity contribution in [3.63, 3.8) is 0 Å². The number of primary sulfonamides is 1. The monoisotopic (exact) mass is 284 g/mol. The van der Waals surface area contributed by atoms with Gasteiger partial charge in [0, 0.05) is 6.07 Å². The van der Waals surface area contributed by atoms with E-state index < -0.39 is 10.0 Å². The lowest BCUT2D eigenvalue weighted by Gasteiger charge is -2.03. The van der Waals surface area contributed by atoms with Crippen LogP contribution in [0.4, 0.5) is 0 Å². The average molecular weight is 284 g/mol. The second-order valence-electron chi connectivity index (χ2n) is 4.03. The van der Waals surface area contributed by atoms with Crippen LogP contribution in [0.3, 0.4) is 0 Å². The minimum atomic E-state index is -3.89. The number of hydrogen-bond donors (Lipinski definition) is 1. The molecule has 8 heteroatoms. The van der Waals surface area contributed by atoms with Crippen LogP contribution in [0.2, 0.25) is 0 Å². The van der Waals surface area contributed by atoms with Gasteiger partial charge in [0.25, 0.3) is 10.0 Å². The quantitative estimate of drug-likeness (QED) is 0.872. The van der Waals surface area contributed by atoms with E-state index in [1.165, 1.54) is 4.52 Å². The molecule has 0 bridgehead atoms. The third-order valence-corrected chi connectivity index (χ3v) is 3.48. The standard InChI is InChI=1S/C11H16N4O3S/c1-3-5-8-11(19(12,16)17)15-9(13-8)6-7-10(14-15)18-4-2/h6-7H,3-5H2,1-2H3,(H2,12,16,17). The van der Waals surface area contributed by atoms with Gasteiger partial charge in [0.2, 0.25) is 5.88 Å². The molecule has 2 aromatic rings. The molecule has 7 nitrogen and oxygen atoms in total. The predicted molar refractivity (Wildman–Crippen MR) is 69.5 cm³/mol. The molecule has 0 aliphatic heterocycles. The molecule has 0 unspecified atom stereocenters. The van der Waals surface area contributed by atoms with E-state index in [9.17, 15) is 8.42 Å². The number of aromatic nitrogens is 3. The van der Waals surface area contributed by atoms with Gasteiger partial charge in [0.15, 0.2) is 10.7 Å². The molecule has 0 radical (unpaired) electrons. The Hall–Kier alpha value is -1.67. The zero-order valence-corrected chi connectivity index (χ0v) is 11.6. The minimum absolute atomic E-state index is 0.0640. The zero-order chi connectivity index (χ0) is 14.0. The molecular weight excluding hydrogens is 268 g/mol. The number of sulfonamides is 1. The van der Waals surface area contributed by atoms with Crippen molar-refractivity contribution in [1.82, 2.24) is 14.6 Å². The summed E-state index contributed by atoms with van der Waals surface area (Å²) >= 11 is 0. The lowest BCUT2D eigenvalue weighted by Crippen LogP contribution is -2.17. The molecule has 0 fully saturated rings. The summed E-state index contributed by atoms with van der Waals surface area (Å²) in [6, 6.07) is 3.31. The molecule has 0 saturated heterocycles. The SMILES string of the molecule is CCCc1nc2ccc(OCC)nn2c1S(N)(=O)=O. The van der Waals surface area contributed by atoms with Crippen molar-refractivity contribution in [1.29, 1.82) is 0 Å². The summed E-state index contributed by atoms with van der Waals surface area (Å²) in [6.45, 7) is 4.21. The summed E-state index contributed by atoms with van der Waals surface area (Å²) < 4.78 is 29.9. The van der Waals surface area contributed by atoms with Crippen LogP contribution < -0.4 is 9.88 Å². The second-order valence-corrected chi connectivity index (χ2v) is 5.51. The smallest absolute Gasteiger partial charge is 0.257 e. The molecule has 0 saturated carbocycles. The Labute approximate surface area is 111 Å². The average Bonchev–Trinajstić information content (AvgIpc) is 2.67. The van der Waals surface area contributed by atoms with Crippen LogP contribution in [0.1, 0.15) is 26.0 Å². The maximum absolute atomic E-state index is 11.7. The van der Waals surface area contributed by atoms with Crippen molar-refractivity contribution in [3.8, 4) is 5.88 Å². The number of nitrogens with zero attached hydrogens (tertiary/aromatic N) is 3. The highest BCUT2D eigenvalue weighted by Crippen LogP contribution is 2.19. The first-order valence-electron chi connectivity index (χ1n) is 6.01. The van der Waals surface area contributed by atoms with Gasteiger partial charge in [-0.25, -0.2) is 18.5 Å². The Morgan fingerprint density at radius 2 is 2.11 bits per heavy atom. The summed E-state index contributed by atoms with van der Waals surface area (Å²) in [5.74, 6) is 0.334. The van der Waals surface area contributed by atoms with Gasteiger partial charge in [-0.3, -0.25) is 0 Å². The van der Waals surface area contributed by atoms with Crippen LogP contribution >= 0.6 is 0 Å². The van der Waals surface area contributed by atoms with Gasteiger partial charge in [-0.05, 0) is 19.4 Å². The molecule has 0 aliphatic rings. The third kappa shape index (κ3) is 2.69. The fourth-order valence-electron chi connectivity index (χ4n) is 1.85. The number of rotatable bonds is 5. The largest absolute Gasteiger partial charge is 0.477 e. The Kier molecular flexibility index (Phi) is 3.72. The van der Waals surface area contributed by atoms with Crippen LogP contribution in [0, 0.1) is 0 Å². The molecule has 2 heterocycles. The van der Waals surface area contributed by atoms with Crippen LogP contribution in [-0.4, -0.2) is 29.6 Å². The van der Waals surface area contributed by atoms with E-state index in [2.05, 4.69) is 10.1 Å². The molecule has 0 spiro atoms. The van der Waals surface area contributed by atoms with E-state index in [1.54, 1.807) is 12.1 Å². The van der Waals surface area contributed by atoms with Gasteiger partial charge in [-0.1, -0.05) is 13.3 Å². The molecule has 0 aromatic carbocycles. The van der Waals surface area contributed by atoms with Crippen molar-refractivity contribution in [2.75, 3.05) is 6.61 Å². The summed E-state index contributed by atoms with van der Waals surface area (Å²) in [6.07, 6.45) is 1.30. The Bertz CT molecular complexity index is 693. The molecular formula is C11H16N4O3S. The van der Waals surface area contributed by atoms with Crippen LogP contribution in [0.15, 0.2) is 17.2 Å². The summed E-state index contributed by atoms with van der Waals surface area (Å²) in [4.78, 5) is 4.26. The highest BCUT2D eigenvalue weighted by Gasteiger charge is 2.22. The molecule has 2 rings (SSSR count). The number of hydrogen-bond acceptors (Lipinski definition) is 5. The van der Waals surface area contributed by atoms with Gasteiger partial charge in [-0.2, -0.15) is 4.52 Å². The van der Waals surface area contributed by atoms with Crippen molar-refractivity contribution < 1.29 is 13.2 Å². The summed E-state index contributed by atoms with van der Waals surface area (Å²) in [5, 5.41) is 9.30. The van der Waals surface area contributed by atoms with E-state index in [1.807, 2.05) is 13.8 Å². The Balaban J connectivity index is 2.70. The molecule has 0 atom stereocenters. The first-order chi connectivity index (χ1) is 8.97. The maximum Gasteiger partial charge on any atom is 0.257 e. The van der Waals surface area contributed by atoms with Crippen molar-refractivity contribution >= 4 is 15.7 Å². The molecule has 104 valence electrons. The van der Waals surface area contributed by atoms with Gasteiger partial charge in [0.1, 0.15) is 0 Å². The molecule has 2 aromatic heterocycles. The van der Waals surface area contributed by atoms with Crippen LogP contribution in [0.25, 0.3) is 5.65 Å². The van der Waals surface area contributed by atoms with Gasteiger partial charge >= 0.3 is 0 Å². The lowest BCUT2D eigenvalue weighted by molar-refractivity contribution is 0.320. The van der Waals surface area contributed by atoms with Crippen LogP contribution in [0.5, 0.6) is 5.88 Å². The number of fused-ring (bicyclic) bond motifs is 1. The fraction of sp³-hybridized carbons (Fsp3) is 0.455. The number of imidazole rings is 1. The van der Waals surface area contributed by atoms with Crippen molar-refractivity contribution in [2.45, 2.75) is 31.7 Å². The summed E-state index contributed by atoms with van der Waals surface area (Å²) in [7, 11) is -3.89. The van der Waals surface area contributed by atoms with E-state index in [0.29, 0.717) is 30.2 Å². The number of nitrogens with two attached hydrogens (primary N) is 1. The van der Waals surface area contributed by atoms with E-state index in [0.717, 1.165) is 6.42 Å². The second kappa shape index (κ2) is 5.14. The highest BCUT2D eigenvalue weighted by atomic mass is 32.2. The van der Waals surface area contributed by atoms with Crippen molar-refractivity contribution in [2.24, 2.45) is 5.14 Å². The third-order valence-electron chi connectivity index (χ3n) is 2.53. The van der Waals surface area contributed by atoms with Crippen LogP contribution in [-0.2, 0) is 16.4 Å². The molecule has 19 heavy (non-hydrogen) atoms. The van der Waals surface area contributed by atoms with Gasteiger partial charge in [-0.15, -0.1) is 5.10 Å².